The van der Waals surface area contributed by atoms with Gasteiger partial charge in [-0.2, -0.15) is 0 Å². The Morgan fingerprint density at radius 2 is 1.71 bits per heavy atom. The van der Waals surface area contributed by atoms with Crippen molar-refractivity contribution in [2.24, 2.45) is 0 Å². The molecule has 3 aromatic rings. The first-order valence-corrected chi connectivity index (χ1v) is 10.1. The van der Waals surface area contributed by atoms with E-state index in [9.17, 15) is 9.59 Å². The van der Waals surface area contributed by atoms with Crippen LogP contribution in [0.4, 0.5) is 5.69 Å². The molecule has 31 heavy (non-hydrogen) atoms. The lowest BCUT2D eigenvalue weighted by Gasteiger charge is -2.17. The number of amides is 2. The van der Waals surface area contributed by atoms with Crippen molar-refractivity contribution in [3.8, 4) is 5.75 Å². The maximum absolute atomic E-state index is 12.4. The van der Waals surface area contributed by atoms with Crippen molar-refractivity contribution in [3.05, 3.63) is 102 Å². The third kappa shape index (κ3) is 6.85. The Hall–Kier alpha value is -3.86. The third-order valence-electron chi connectivity index (χ3n) is 4.75. The summed E-state index contributed by atoms with van der Waals surface area (Å²) in [5.41, 5.74) is 3.52. The summed E-state index contributed by atoms with van der Waals surface area (Å²) >= 11 is 0. The van der Waals surface area contributed by atoms with Gasteiger partial charge in [0, 0.05) is 32.3 Å². The van der Waals surface area contributed by atoms with Crippen molar-refractivity contribution >= 4 is 23.6 Å². The van der Waals surface area contributed by atoms with Crippen LogP contribution in [0.3, 0.4) is 0 Å². The average Bonchev–Trinajstić information content (AvgIpc) is 2.78. The number of benzene rings is 3. The fraction of sp³-hybridized carbons (Fsp3) is 0.154. The van der Waals surface area contributed by atoms with Gasteiger partial charge in [-0.3, -0.25) is 9.59 Å². The molecule has 0 aliphatic carbocycles. The van der Waals surface area contributed by atoms with E-state index in [0.29, 0.717) is 18.8 Å². The Morgan fingerprint density at radius 3 is 2.48 bits per heavy atom. The highest BCUT2D eigenvalue weighted by Crippen LogP contribution is 2.18. The molecule has 0 spiro atoms. The van der Waals surface area contributed by atoms with E-state index in [1.54, 1.807) is 18.0 Å². The maximum Gasteiger partial charge on any atom is 0.248 e. The van der Waals surface area contributed by atoms with Crippen molar-refractivity contribution in [2.45, 2.75) is 20.1 Å². The van der Waals surface area contributed by atoms with Crippen LogP contribution in [0.15, 0.2) is 84.9 Å². The summed E-state index contributed by atoms with van der Waals surface area (Å²) in [5.74, 6) is 0.466. The van der Waals surface area contributed by atoms with Crippen molar-refractivity contribution in [2.75, 3.05) is 12.4 Å². The summed E-state index contributed by atoms with van der Waals surface area (Å²) in [7, 11) is 1.73. The highest BCUT2D eigenvalue weighted by Gasteiger charge is 2.09. The Morgan fingerprint density at radius 1 is 0.968 bits per heavy atom. The Bertz CT molecular complexity index is 1060. The molecule has 1 N–H and O–H groups in total. The summed E-state index contributed by atoms with van der Waals surface area (Å²) < 4.78 is 5.84. The monoisotopic (exact) mass is 414 g/mol. The van der Waals surface area contributed by atoms with Gasteiger partial charge in [0.25, 0.3) is 0 Å². The smallest absolute Gasteiger partial charge is 0.248 e. The highest BCUT2D eigenvalue weighted by atomic mass is 16.5. The number of para-hydroxylation sites is 1. The molecule has 0 saturated carbocycles. The van der Waals surface area contributed by atoms with Crippen LogP contribution in [-0.2, 0) is 22.7 Å². The lowest BCUT2D eigenvalue weighted by atomic mass is 10.1. The first-order chi connectivity index (χ1) is 15.0. The molecule has 5 heteroatoms. The summed E-state index contributed by atoms with van der Waals surface area (Å²) in [4.78, 5) is 25.6. The number of hydrogen-bond donors (Lipinski definition) is 1. The Kier molecular flexibility index (Phi) is 7.60. The van der Waals surface area contributed by atoms with Crippen LogP contribution in [0, 0.1) is 0 Å². The molecule has 3 aromatic carbocycles. The van der Waals surface area contributed by atoms with E-state index < -0.39 is 0 Å². The van der Waals surface area contributed by atoms with Crippen molar-refractivity contribution in [1.29, 1.82) is 0 Å². The van der Waals surface area contributed by atoms with Gasteiger partial charge >= 0.3 is 0 Å². The van der Waals surface area contributed by atoms with Gasteiger partial charge in [0.05, 0.1) is 0 Å². The number of anilines is 1. The number of nitrogens with zero attached hydrogens (tertiary/aromatic N) is 1. The zero-order chi connectivity index (χ0) is 22.1. The number of ether oxygens (including phenoxy) is 1. The highest BCUT2D eigenvalue weighted by molar-refractivity contribution is 6.02. The number of rotatable bonds is 8. The van der Waals surface area contributed by atoms with Crippen LogP contribution in [0.2, 0.25) is 0 Å². The van der Waals surface area contributed by atoms with Gasteiger partial charge in [-0.1, -0.05) is 60.7 Å². The maximum atomic E-state index is 12.4. The molecule has 0 bridgehead atoms. The van der Waals surface area contributed by atoms with E-state index in [-0.39, 0.29) is 11.8 Å². The van der Waals surface area contributed by atoms with Crippen LogP contribution in [-0.4, -0.2) is 23.8 Å². The molecule has 0 aromatic heterocycles. The van der Waals surface area contributed by atoms with Gasteiger partial charge in [-0.25, -0.2) is 0 Å². The summed E-state index contributed by atoms with van der Waals surface area (Å²) in [6.45, 7) is 2.43. The van der Waals surface area contributed by atoms with Crippen LogP contribution >= 0.6 is 0 Å². The average molecular weight is 415 g/mol. The molecule has 0 aliphatic rings. The standard InChI is InChI=1S/C26H26N2O3/c1-20(29)28(2)18-23-12-6-7-14-25(23)27-26(30)16-15-21-11-8-13-24(17-21)31-19-22-9-4-3-5-10-22/h3-17H,18-19H2,1-2H3,(H,27,30)/b16-15+. The van der Waals surface area contributed by atoms with Crippen LogP contribution in [0.25, 0.3) is 6.08 Å². The first kappa shape index (κ1) is 21.8. The van der Waals surface area contributed by atoms with E-state index in [4.69, 9.17) is 4.74 Å². The van der Waals surface area contributed by atoms with Crippen molar-refractivity contribution in [1.82, 2.24) is 4.90 Å². The first-order valence-electron chi connectivity index (χ1n) is 10.1. The minimum atomic E-state index is -0.242. The number of hydrogen-bond acceptors (Lipinski definition) is 3. The molecule has 158 valence electrons. The van der Waals surface area contributed by atoms with Gasteiger partial charge in [0.15, 0.2) is 0 Å². The molecular formula is C26H26N2O3. The van der Waals surface area contributed by atoms with E-state index in [1.807, 2.05) is 78.9 Å². The normalized spacial score (nSPS) is 10.6. The zero-order valence-electron chi connectivity index (χ0n) is 17.7. The SMILES string of the molecule is CC(=O)N(C)Cc1ccccc1NC(=O)/C=C/c1cccc(OCc2ccccc2)c1. The van der Waals surface area contributed by atoms with Gasteiger partial charge in [-0.15, -0.1) is 0 Å². The molecule has 0 saturated heterocycles. The second kappa shape index (κ2) is 10.8. The molecule has 2 amide bonds. The molecule has 0 atom stereocenters. The molecule has 3 rings (SSSR count). The second-order valence-electron chi connectivity index (χ2n) is 7.20. The third-order valence-corrected chi connectivity index (χ3v) is 4.75. The minimum Gasteiger partial charge on any atom is -0.489 e. The fourth-order valence-electron chi connectivity index (χ4n) is 2.94. The number of carbonyl (C=O) groups is 2. The van der Waals surface area contributed by atoms with Crippen LogP contribution < -0.4 is 10.1 Å². The molecule has 0 radical (unpaired) electrons. The fourth-order valence-corrected chi connectivity index (χ4v) is 2.94. The molecule has 0 fully saturated rings. The lowest BCUT2D eigenvalue weighted by Crippen LogP contribution is -2.24. The van der Waals surface area contributed by atoms with Gasteiger partial charge in [0.1, 0.15) is 12.4 Å². The van der Waals surface area contributed by atoms with Gasteiger partial charge in [-0.05, 0) is 41.0 Å². The number of carbonyl (C=O) groups excluding carboxylic acids is 2. The molecule has 0 aliphatic heterocycles. The topological polar surface area (TPSA) is 58.6 Å². The summed E-state index contributed by atoms with van der Waals surface area (Å²) in [6.07, 6.45) is 3.23. The van der Waals surface area contributed by atoms with E-state index >= 15 is 0 Å². The quantitative estimate of drug-likeness (QED) is 0.534. The molecular weight excluding hydrogens is 388 g/mol. The van der Waals surface area contributed by atoms with Crippen LogP contribution in [0.1, 0.15) is 23.6 Å². The minimum absolute atomic E-state index is 0.0320. The molecule has 5 nitrogen and oxygen atoms in total. The van der Waals surface area contributed by atoms with Crippen molar-refractivity contribution < 1.29 is 14.3 Å². The Balaban J connectivity index is 1.61. The Labute approximate surface area is 183 Å². The van der Waals surface area contributed by atoms with Gasteiger partial charge in [0.2, 0.25) is 11.8 Å². The summed E-state index contributed by atoms with van der Waals surface area (Å²) in [6, 6.07) is 25.0. The van der Waals surface area contributed by atoms with E-state index in [2.05, 4.69) is 5.32 Å². The zero-order valence-corrected chi connectivity index (χ0v) is 17.7. The summed E-state index contributed by atoms with van der Waals surface area (Å²) in [5, 5.41) is 2.89. The predicted octanol–water partition coefficient (Wildman–Crippen LogP) is 4.90. The van der Waals surface area contributed by atoms with Gasteiger partial charge < -0.3 is 15.0 Å². The van der Waals surface area contributed by atoms with Crippen molar-refractivity contribution in [3.63, 3.8) is 0 Å². The molecule has 0 unspecified atom stereocenters. The number of nitrogens with one attached hydrogen (secondary N) is 1. The molecule has 0 heterocycles. The van der Waals surface area contributed by atoms with E-state index in [1.165, 1.54) is 13.0 Å². The predicted molar refractivity (Wildman–Crippen MR) is 123 cm³/mol. The van der Waals surface area contributed by atoms with Crippen LogP contribution in [0.5, 0.6) is 5.75 Å². The van der Waals surface area contributed by atoms with E-state index in [0.717, 1.165) is 22.4 Å². The largest absolute Gasteiger partial charge is 0.489 e. The second-order valence-corrected chi connectivity index (χ2v) is 7.20. The lowest BCUT2D eigenvalue weighted by molar-refractivity contribution is -0.128.